The molecule has 1 fully saturated rings. The first kappa shape index (κ1) is 20.1. The Bertz CT molecular complexity index is 1010. The summed E-state index contributed by atoms with van der Waals surface area (Å²) in [7, 11) is 0. The molecular weight excluding hydrogens is 386 g/mol. The number of imidazole rings is 1. The van der Waals surface area contributed by atoms with E-state index in [0.717, 1.165) is 81.9 Å². The van der Waals surface area contributed by atoms with Gasteiger partial charge in [0.05, 0.1) is 17.0 Å². The number of benzene rings is 2. The zero-order chi connectivity index (χ0) is 21.0. The van der Waals surface area contributed by atoms with Crippen molar-refractivity contribution >= 4 is 22.9 Å². The van der Waals surface area contributed by atoms with Crippen molar-refractivity contribution < 1.29 is 4.79 Å². The van der Waals surface area contributed by atoms with Crippen molar-refractivity contribution in [2.75, 3.05) is 37.6 Å². The van der Waals surface area contributed by atoms with Crippen molar-refractivity contribution in [2.24, 2.45) is 5.92 Å². The average Bonchev–Trinajstić information content (AvgIpc) is 3.26. The minimum absolute atomic E-state index is 0.0313. The van der Waals surface area contributed by atoms with Crippen LogP contribution in [0.15, 0.2) is 48.5 Å². The molecule has 3 heterocycles. The fourth-order valence-corrected chi connectivity index (χ4v) is 4.88. The molecule has 0 saturated carbocycles. The van der Waals surface area contributed by atoms with Crippen molar-refractivity contribution in [3.8, 4) is 0 Å². The zero-order valence-corrected chi connectivity index (χ0v) is 18.0. The molecule has 3 aromatic rings. The maximum absolute atomic E-state index is 12.8. The lowest BCUT2D eigenvalue weighted by atomic mass is 9.97. The van der Waals surface area contributed by atoms with Crippen molar-refractivity contribution in [2.45, 2.75) is 32.2 Å². The molecule has 0 spiro atoms. The molecule has 6 nitrogen and oxygen atoms in total. The lowest BCUT2D eigenvalue weighted by Gasteiger charge is -2.32. The Hall–Kier alpha value is -2.86. The van der Waals surface area contributed by atoms with Crippen molar-refractivity contribution in [3.05, 3.63) is 59.7 Å². The van der Waals surface area contributed by atoms with E-state index in [1.807, 2.05) is 24.3 Å². The number of nitrogens with zero attached hydrogens (tertiary/aromatic N) is 3. The third kappa shape index (κ3) is 4.59. The number of nitrogens with one attached hydrogen (secondary N) is 2. The maximum Gasteiger partial charge on any atom is 0.224 e. The summed E-state index contributed by atoms with van der Waals surface area (Å²) in [5, 5.41) is 3.19. The van der Waals surface area contributed by atoms with Crippen LogP contribution in [0.5, 0.6) is 0 Å². The van der Waals surface area contributed by atoms with E-state index >= 15 is 0 Å². The Labute approximate surface area is 183 Å². The summed E-state index contributed by atoms with van der Waals surface area (Å²) in [5.74, 6) is 1.10. The molecule has 2 aliphatic heterocycles. The van der Waals surface area contributed by atoms with Crippen LogP contribution in [0.1, 0.15) is 30.4 Å². The van der Waals surface area contributed by atoms with E-state index in [2.05, 4.69) is 44.4 Å². The smallest absolute Gasteiger partial charge is 0.224 e. The van der Waals surface area contributed by atoms with Crippen LogP contribution < -0.4 is 10.2 Å². The third-order valence-electron chi connectivity index (χ3n) is 6.63. The van der Waals surface area contributed by atoms with Gasteiger partial charge in [-0.15, -0.1) is 0 Å². The van der Waals surface area contributed by atoms with Crippen molar-refractivity contribution in [1.29, 1.82) is 0 Å². The van der Waals surface area contributed by atoms with Crippen LogP contribution in [0.25, 0.3) is 11.0 Å². The van der Waals surface area contributed by atoms with Gasteiger partial charge < -0.3 is 15.2 Å². The molecule has 1 amide bonds. The molecular formula is C25H31N5O. The van der Waals surface area contributed by atoms with E-state index in [-0.39, 0.29) is 11.8 Å². The Kier molecular flexibility index (Phi) is 5.89. The minimum atomic E-state index is 0.0313. The van der Waals surface area contributed by atoms with E-state index in [9.17, 15) is 4.79 Å². The monoisotopic (exact) mass is 417 g/mol. The minimum Gasteiger partial charge on any atom is -0.356 e. The predicted octanol–water partition coefficient (Wildman–Crippen LogP) is 3.34. The van der Waals surface area contributed by atoms with Gasteiger partial charge in [-0.3, -0.25) is 9.69 Å². The molecule has 6 heteroatoms. The molecule has 0 bridgehead atoms. The molecule has 2 N–H and O–H groups in total. The summed E-state index contributed by atoms with van der Waals surface area (Å²) in [6, 6.07) is 16.8. The van der Waals surface area contributed by atoms with Gasteiger partial charge in [0.15, 0.2) is 0 Å². The predicted molar refractivity (Wildman–Crippen MR) is 124 cm³/mol. The van der Waals surface area contributed by atoms with Crippen LogP contribution in [0.2, 0.25) is 0 Å². The molecule has 1 unspecified atom stereocenters. The van der Waals surface area contributed by atoms with Crippen LogP contribution in [-0.2, 0) is 17.8 Å². The largest absolute Gasteiger partial charge is 0.356 e. The van der Waals surface area contributed by atoms with Gasteiger partial charge in [-0.05, 0) is 48.9 Å². The molecule has 1 saturated heterocycles. The van der Waals surface area contributed by atoms with E-state index < -0.39 is 0 Å². The Balaban J connectivity index is 1.08. The number of rotatable bonds is 6. The number of hydrogen-bond acceptors (Lipinski definition) is 4. The van der Waals surface area contributed by atoms with E-state index in [1.165, 1.54) is 11.1 Å². The van der Waals surface area contributed by atoms with Crippen LogP contribution in [-0.4, -0.2) is 53.5 Å². The second kappa shape index (κ2) is 9.10. The van der Waals surface area contributed by atoms with Gasteiger partial charge >= 0.3 is 0 Å². The summed E-state index contributed by atoms with van der Waals surface area (Å²) in [6.07, 6.45) is 4.09. The second-order valence-electron chi connectivity index (χ2n) is 8.80. The summed E-state index contributed by atoms with van der Waals surface area (Å²) in [6.45, 7) is 5.59. The van der Waals surface area contributed by atoms with Gasteiger partial charge in [0, 0.05) is 39.3 Å². The van der Waals surface area contributed by atoms with Gasteiger partial charge in [0.25, 0.3) is 0 Å². The topological polar surface area (TPSA) is 64.3 Å². The highest BCUT2D eigenvalue weighted by atomic mass is 16.1. The molecule has 2 aromatic carbocycles. The Morgan fingerprint density at radius 3 is 2.84 bits per heavy atom. The van der Waals surface area contributed by atoms with Gasteiger partial charge in [-0.2, -0.15) is 0 Å². The summed E-state index contributed by atoms with van der Waals surface area (Å²) < 4.78 is 0. The van der Waals surface area contributed by atoms with Gasteiger partial charge in [-0.25, -0.2) is 4.98 Å². The second-order valence-corrected chi connectivity index (χ2v) is 8.80. The Morgan fingerprint density at radius 1 is 1.10 bits per heavy atom. The number of fused-ring (bicyclic) bond motifs is 2. The number of hydrogen-bond donors (Lipinski definition) is 2. The lowest BCUT2D eigenvalue weighted by Crippen LogP contribution is -2.44. The van der Waals surface area contributed by atoms with Crippen LogP contribution in [0.4, 0.5) is 5.95 Å². The van der Waals surface area contributed by atoms with E-state index in [4.69, 9.17) is 4.98 Å². The zero-order valence-electron chi connectivity index (χ0n) is 18.0. The number of para-hydroxylation sites is 2. The van der Waals surface area contributed by atoms with Crippen molar-refractivity contribution in [3.63, 3.8) is 0 Å². The SMILES string of the molecule is O=C(NCCCN1CCc2ccccc2C1)C1CCCN(c2nc3ccccc3[nH]2)C1. The fourth-order valence-electron chi connectivity index (χ4n) is 4.88. The van der Waals surface area contributed by atoms with Crippen LogP contribution in [0.3, 0.4) is 0 Å². The number of aromatic amines is 1. The third-order valence-corrected chi connectivity index (χ3v) is 6.63. The number of carbonyl (C=O) groups excluding carboxylic acids is 1. The van der Waals surface area contributed by atoms with Gasteiger partial charge in [0.2, 0.25) is 11.9 Å². The highest BCUT2D eigenvalue weighted by Gasteiger charge is 2.27. The summed E-state index contributed by atoms with van der Waals surface area (Å²) in [4.78, 5) is 25.6. The summed E-state index contributed by atoms with van der Waals surface area (Å²) in [5.41, 5.74) is 4.96. The number of H-pyrrole nitrogens is 1. The number of carbonyl (C=O) groups is 1. The first-order chi connectivity index (χ1) is 15.3. The lowest BCUT2D eigenvalue weighted by molar-refractivity contribution is -0.125. The molecule has 0 radical (unpaired) electrons. The van der Waals surface area contributed by atoms with E-state index in [0.29, 0.717) is 0 Å². The highest BCUT2D eigenvalue weighted by molar-refractivity contribution is 5.80. The first-order valence-corrected chi connectivity index (χ1v) is 11.5. The van der Waals surface area contributed by atoms with Gasteiger partial charge in [0.1, 0.15) is 0 Å². The van der Waals surface area contributed by atoms with Gasteiger partial charge in [-0.1, -0.05) is 36.4 Å². The van der Waals surface area contributed by atoms with Crippen molar-refractivity contribution in [1.82, 2.24) is 20.2 Å². The van der Waals surface area contributed by atoms with Crippen LogP contribution >= 0.6 is 0 Å². The maximum atomic E-state index is 12.8. The molecule has 0 aliphatic carbocycles. The fraction of sp³-hybridized carbons (Fsp3) is 0.440. The molecule has 1 atom stereocenters. The quantitative estimate of drug-likeness (QED) is 0.604. The number of aromatic nitrogens is 2. The standard InChI is InChI=1S/C25H31N5O/c31-24(26-13-6-14-29-16-12-19-7-1-2-8-20(19)17-29)21-9-5-15-30(18-21)25-27-22-10-3-4-11-23(22)28-25/h1-4,7-8,10-11,21H,5-6,9,12-18H2,(H,26,31)(H,27,28). The normalized spacial score (nSPS) is 19.4. The molecule has 162 valence electrons. The number of piperidine rings is 1. The summed E-state index contributed by atoms with van der Waals surface area (Å²) >= 11 is 0. The number of amides is 1. The van der Waals surface area contributed by atoms with Crippen LogP contribution in [0, 0.1) is 5.92 Å². The Morgan fingerprint density at radius 2 is 1.94 bits per heavy atom. The molecule has 1 aromatic heterocycles. The van der Waals surface area contributed by atoms with E-state index in [1.54, 1.807) is 0 Å². The molecule has 5 rings (SSSR count). The first-order valence-electron chi connectivity index (χ1n) is 11.5. The average molecular weight is 418 g/mol. The molecule has 2 aliphatic rings. The molecule has 31 heavy (non-hydrogen) atoms. The number of anilines is 1. The highest BCUT2D eigenvalue weighted by Crippen LogP contribution is 2.23.